The van der Waals surface area contributed by atoms with Crippen LogP contribution in [0.5, 0.6) is 11.5 Å². The molecule has 0 amide bonds. The highest BCUT2D eigenvalue weighted by atomic mass is 19.1. The lowest BCUT2D eigenvalue weighted by atomic mass is 10.2. The molecule has 6 nitrogen and oxygen atoms in total. The van der Waals surface area contributed by atoms with E-state index in [1.807, 2.05) is 30.3 Å². The summed E-state index contributed by atoms with van der Waals surface area (Å²) in [4.78, 5) is 12.4. The largest absolute Gasteiger partial charge is 0.496 e. The van der Waals surface area contributed by atoms with Crippen molar-refractivity contribution < 1.29 is 23.4 Å². The smallest absolute Gasteiger partial charge is 0.363 e. The number of carbonyl (C=O) groups excluding carboxylic acids is 1. The van der Waals surface area contributed by atoms with Gasteiger partial charge in [0.2, 0.25) is 5.69 Å². The normalized spacial score (nSPS) is 10.4. The van der Waals surface area contributed by atoms with Crippen LogP contribution in [0.1, 0.15) is 16.1 Å². The molecule has 0 saturated carbocycles. The van der Waals surface area contributed by atoms with Crippen LogP contribution in [-0.4, -0.2) is 30.0 Å². The van der Waals surface area contributed by atoms with Crippen LogP contribution in [0.3, 0.4) is 0 Å². The molecule has 0 atom stereocenters. The molecule has 0 fully saturated rings. The van der Waals surface area contributed by atoms with Crippen molar-refractivity contribution in [1.29, 1.82) is 0 Å². The Bertz CT molecular complexity index is 909. The summed E-state index contributed by atoms with van der Waals surface area (Å²) in [7, 11) is 2.90. The van der Waals surface area contributed by atoms with E-state index >= 15 is 0 Å². The summed E-state index contributed by atoms with van der Waals surface area (Å²) in [5.41, 5.74) is 1.23. The van der Waals surface area contributed by atoms with Crippen molar-refractivity contribution in [2.45, 2.75) is 6.61 Å². The summed E-state index contributed by atoms with van der Waals surface area (Å²) in [6, 6.07) is 13.3. The van der Waals surface area contributed by atoms with Gasteiger partial charge in [0.25, 0.3) is 0 Å². The van der Waals surface area contributed by atoms with Crippen molar-refractivity contribution in [2.24, 2.45) is 0 Å². The fourth-order valence-corrected chi connectivity index (χ4v) is 2.43. The quantitative estimate of drug-likeness (QED) is 0.634. The summed E-state index contributed by atoms with van der Waals surface area (Å²) in [5.74, 6) is -0.406. The molecule has 0 unspecified atom stereocenters. The molecular weight excluding hydrogens is 339 g/mol. The fraction of sp³-hybridized carbons (Fsp3) is 0.158. The molecule has 0 radical (unpaired) electrons. The number of para-hydroxylation sites is 1. The van der Waals surface area contributed by atoms with E-state index in [1.165, 1.54) is 37.1 Å². The minimum Gasteiger partial charge on any atom is -0.496 e. The first-order valence-electron chi connectivity index (χ1n) is 7.81. The second-order valence-electron chi connectivity index (χ2n) is 5.36. The highest BCUT2D eigenvalue weighted by Gasteiger charge is 2.20. The molecule has 3 aromatic rings. The standard InChI is InChI=1S/C19H17FN2O4/c1-24-16-9-8-14(20)10-13(16)12-26-19(23)18-17(25-2)11-22(21-18)15-6-4-3-5-7-15/h3-11H,12H2,1-2H3. The topological polar surface area (TPSA) is 62.6 Å². The van der Waals surface area contributed by atoms with Crippen LogP contribution in [0.25, 0.3) is 5.69 Å². The number of ether oxygens (including phenoxy) is 3. The summed E-state index contributed by atoms with van der Waals surface area (Å²) in [6.07, 6.45) is 1.59. The van der Waals surface area contributed by atoms with Crippen molar-refractivity contribution in [3.05, 3.63) is 71.8 Å². The van der Waals surface area contributed by atoms with E-state index in [-0.39, 0.29) is 18.1 Å². The maximum atomic E-state index is 13.4. The molecule has 0 aliphatic carbocycles. The number of esters is 1. The highest BCUT2D eigenvalue weighted by Crippen LogP contribution is 2.23. The van der Waals surface area contributed by atoms with Crippen LogP contribution in [0.2, 0.25) is 0 Å². The maximum absolute atomic E-state index is 13.4. The highest BCUT2D eigenvalue weighted by molar-refractivity contribution is 5.90. The van der Waals surface area contributed by atoms with E-state index in [0.29, 0.717) is 11.3 Å². The third-order valence-corrected chi connectivity index (χ3v) is 3.72. The number of hydrogen-bond acceptors (Lipinski definition) is 5. The van der Waals surface area contributed by atoms with Gasteiger partial charge in [0.05, 0.1) is 26.1 Å². The zero-order valence-corrected chi connectivity index (χ0v) is 14.3. The minimum atomic E-state index is -0.678. The van der Waals surface area contributed by atoms with Gasteiger partial charge in [-0.15, -0.1) is 0 Å². The molecule has 7 heteroatoms. The molecule has 26 heavy (non-hydrogen) atoms. The van der Waals surface area contributed by atoms with E-state index < -0.39 is 11.8 Å². The van der Waals surface area contributed by atoms with Gasteiger partial charge in [-0.3, -0.25) is 0 Å². The minimum absolute atomic E-state index is 0.0340. The van der Waals surface area contributed by atoms with Gasteiger partial charge in [0.1, 0.15) is 18.2 Å². The molecule has 0 bridgehead atoms. The number of halogens is 1. The van der Waals surface area contributed by atoms with E-state index in [9.17, 15) is 9.18 Å². The summed E-state index contributed by atoms with van der Waals surface area (Å²) in [6.45, 7) is -0.152. The second-order valence-corrected chi connectivity index (χ2v) is 5.36. The van der Waals surface area contributed by atoms with Gasteiger partial charge in [-0.2, -0.15) is 5.10 Å². The molecule has 1 aromatic heterocycles. The Morgan fingerprint density at radius 2 is 1.81 bits per heavy atom. The molecule has 2 aromatic carbocycles. The Hall–Kier alpha value is -3.35. The predicted octanol–water partition coefficient (Wildman–Crippen LogP) is 3.39. The third kappa shape index (κ3) is 3.66. The van der Waals surface area contributed by atoms with Crippen LogP contribution in [-0.2, 0) is 11.3 Å². The second kappa shape index (κ2) is 7.69. The van der Waals surface area contributed by atoms with Gasteiger partial charge in [0.15, 0.2) is 5.75 Å². The molecule has 0 spiro atoms. The molecule has 3 rings (SSSR count). The van der Waals surface area contributed by atoms with Crippen LogP contribution in [0.15, 0.2) is 54.7 Å². The fourth-order valence-electron chi connectivity index (χ4n) is 2.43. The molecule has 0 aliphatic heterocycles. The van der Waals surface area contributed by atoms with Gasteiger partial charge in [-0.05, 0) is 30.3 Å². The van der Waals surface area contributed by atoms with Gasteiger partial charge in [-0.1, -0.05) is 18.2 Å². The Morgan fingerprint density at radius 1 is 1.08 bits per heavy atom. The van der Waals surface area contributed by atoms with E-state index in [2.05, 4.69) is 5.10 Å². The Balaban J connectivity index is 1.80. The number of aromatic nitrogens is 2. The number of nitrogens with zero attached hydrogens (tertiary/aromatic N) is 2. The monoisotopic (exact) mass is 356 g/mol. The number of hydrogen-bond donors (Lipinski definition) is 0. The van der Waals surface area contributed by atoms with Crippen LogP contribution < -0.4 is 9.47 Å². The lowest BCUT2D eigenvalue weighted by Crippen LogP contribution is -2.09. The van der Waals surface area contributed by atoms with Crippen LogP contribution in [0, 0.1) is 5.82 Å². The Morgan fingerprint density at radius 3 is 2.50 bits per heavy atom. The van der Waals surface area contributed by atoms with Gasteiger partial charge < -0.3 is 14.2 Å². The molecule has 0 saturated heterocycles. The zero-order valence-electron chi connectivity index (χ0n) is 14.3. The first-order chi connectivity index (χ1) is 12.6. The SMILES string of the molecule is COc1ccc(F)cc1COC(=O)c1nn(-c2ccccc2)cc1OC. The van der Waals surface area contributed by atoms with Crippen LogP contribution in [0.4, 0.5) is 4.39 Å². The Labute approximate surface area is 149 Å². The van der Waals surface area contributed by atoms with Gasteiger partial charge >= 0.3 is 5.97 Å². The summed E-state index contributed by atoms with van der Waals surface area (Å²) in [5, 5.41) is 4.24. The van der Waals surface area contributed by atoms with Crippen molar-refractivity contribution in [3.63, 3.8) is 0 Å². The average Bonchev–Trinajstić information content (AvgIpc) is 3.11. The first kappa shape index (κ1) is 17.5. The van der Waals surface area contributed by atoms with E-state index in [0.717, 1.165) is 5.69 Å². The Kier molecular flexibility index (Phi) is 5.17. The number of benzene rings is 2. The summed E-state index contributed by atoms with van der Waals surface area (Å²) >= 11 is 0. The van der Waals surface area contributed by atoms with Crippen LogP contribution >= 0.6 is 0 Å². The van der Waals surface area contributed by atoms with E-state index in [1.54, 1.807) is 6.20 Å². The lowest BCUT2D eigenvalue weighted by molar-refractivity contribution is 0.0458. The van der Waals surface area contributed by atoms with Crippen molar-refractivity contribution >= 4 is 5.97 Å². The third-order valence-electron chi connectivity index (χ3n) is 3.72. The lowest BCUT2D eigenvalue weighted by Gasteiger charge is -2.09. The number of rotatable bonds is 6. The predicted molar refractivity (Wildman–Crippen MR) is 92.2 cm³/mol. The molecular formula is C19H17FN2O4. The molecule has 0 aliphatic rings. The molecule has 134 valence electrons. The zero-order chi connectivity index (χ0) is 18.5. The summed E-state index contributed by atoms with van der Waals surface area (Å²) < 4.78 is 30.6. The average molecular weight is 356 g/mol. The van der Waals surface area contributed by atoms with Gasteiger partial charge in [0, 0.05) is 5.56 Å². The first-order valence-corrected chi connectivity index (χ1v) is 7.81. The molecule has 1 heterocycles. The van der Waals surface area contributed by atoms with Crippen molar-refractivity contribution in [2.75, 3.05) is 14.2 Å². The van der Waals surface area contributed by atoms with Crippen molar-refractivity contribution in [3.8, 4) is 17.2 Å². The molecule has 0 N–H and O–H groups in total. The van der Waals surface area contributed by atoms with Crippen molar-refractivity contribution in [1.82, 2.24) is 9.78 Å². The maximum Gasteiger partial charge on any atom is 0.363 e. The van der Waals surface area contributed by atoms with E-state index in [4.69, 9.17) is 14.2 Å². The number of methoxy groups -OCH3 is 2. The number of carbonyl (C=O) groups is 1. The van der Waals surface area contributed by atoms with Gasteiger partial charge in [-0.25, -0.2) is 13.9 Å².